The summed E-state index contributed by atoms with van der Waals surface area (Å²) in [4.78, 5) is 0. The minimum Gasteiger partial charge on any atom is -0.456 e. The first kappa shape index (κ1) is 14.4. The van der Waals surface area contributed by atoms with Crippen LogP contribution in [0.1, 0.15) is 11.1 Å². The normalized spacial score (nSPS) is 10.9. The van der Waals surface area contributed by atoms with Gasteiger partial charge in [0.05, 0.1) is 11.1 Å². The Bertz CT molecular complexity index is 677. The zero-order valence-corrected chi connectivity index (χ0v) is 11.5. The van der Waals surface area contributed by atoms with Crippen molar-refractivity contribution in [2.45, 2.75) is 6.18 Å². The van der Waals surface area contributed by atoms with Crippen molar-refractivity contribution in [1.82, 2.24) is 0 Å². The van der Waals surface area contributed by atoms with E-state index in [-0.39, 0.29) is 17.1 Å². The van der Waals surface area contributed by atoms with E-state index in [9.17, 15) is 13.2 Å². The molecule has 0 aliphatic carbocycles. The summed E-state index contributed by atoms with van der Waals surface area (Å²) in [5.41, 5.74) is -0.561. The SMILES string of the molecule is N#Cc1ccc(Br)cc1Oc1cccc(C(F)(F)F)c1. The molecular weight excluding hydrogens is 335 g/mol. The van der Waals surface area contributed by atoms with Crippen LogP contribution in [0.25, 0.3) is 0 Å². The summed E-state index contributed by atoms with van der Waals surface area (Å²) in [6, 6.07) is 11.1. The van der Waals surface area contributed by atoms with E-state index in [1.54, 1.807) is 6.07 Å². The average Bonchev–Trinajstić information content (AvgIpc) is 2.38. The number of nitrogens with zero attached hydrogens (tertiary/aromatic N) is 1. The van der Waals surface area contributed by atoms with E-state index < -0.39 is 11.7 Å². The smallest absolute Gasteiger partial charge is 0.416 e. The molecule has 0 saturated carbocycles. The van der Waals surface area contributed by atoms with Crippen LogP contribution in [0.3, 0.4) is 0 Å². The van der Waals surface area contributed by atoms with Crippen LogP contribution in [0.15, 0.2) is 46.9 Å². The third-order valence-electron chi connectivity index (χ3n) is 2.45. The summed E-state index contributed by atoms with van der Waals surface area (Å²) in [5.74, 6) is 0.218. The van der Waals surface area contributed by atoms with Gasteiger partial charge in [-0.15, -0.1) is 0 Å². The number of ether oxygens (including phenoxy) is 1. The van der Waals surface area contributed by atoms with Crippen LogP contribution < -0.4 is 4.74 Å². The van der Waals surface area contributed by atoms with Crippen LogP contribution in [-0.4, -0.2) is 0 Å². The lowest BCUT2D eigenvalue weighted by Gasteiger charge is -2.11. The predicted molar refractivity (Wildman–Crippen MR) is 70.4 cm³/mol. The van der Waals surface area contributed by atoms with E-state index in [4.69, 9.17) is 10.00 Å². The van der Waals surface area contributed by atoms with Gasteiger partial charge in [0.2, 0.25) is 0 Å². The molecule has 0 saturated heterocycles. The molecule has 0 spiro atoms. The van der Waals surface area contributed by atoms with Gasteiger partial charge in [-0.3, -0.25) is 0 Å². The second-order valence-electron chi connectivity index (χ2n) is 3.88. The van der Waals surface area contributed by atoms with Gasteiger partial charge in [-0.1, -0.05) is 22.0 Å². The highest BCUT2D eigenvalue weighted by Gasteiger charge is 2.30. The van der Waals surface area contributed by atoms with Crippen molar-refractivity contribution in [3.05, 3.63) is 58.1 Å². The first-order valence-corrected chi connectivity index (χ1v) is 6.24. The van der Waals surface area contributed by atoms with E-state index >= 15 is 0 Å². The lowest BCUT2D eigenvalue weighted by atomic mass is 10.2. The summed E-state index contributed by atoms with van der Waals surface area (Å²) in [5, 5.41) is 8.95. The molecule has 0 atom stereocenters. The van der Waals surface area contributed by atoms with Crippen molar-refractivity contribution in [3.8, 4) is 17.6 Å². The number of hydrogen-bond acceptors (Lipinski definition) is 2. The summed E-state index contributed by atoms with van der Waals surface area (Å²) >= 11 is 3.22. The number of hydrogen-bond donors (Lipinski definition) is 0. The summed E-state index contributed by atoms with van der Waals surface area (Å²) < 4.78 is 43.8. The zero-order chi connectivity index (χ0) is 14.8. The van der Waals surface area contributed by atoms with E-state index in [2.05, 4.69) is 15.9 Å². The Morgan fingerprint density at radius 2 is 1.85 bits per heavy atom. The third kappa shape index (κ3) is 3.31. The Balaban J connectivity index is 2.36. The second kappa shape index (κ2) is 5.55. The fraction of sp³-hybridized carbons (Fsp3) is 0.0714. The third-order valence-corrected chi connectivity index (χ3v) is 2.95. The van der Waals surface area contributed by atoms with E-state index in [1.165, 1.54) is 24.3 Å². The molecule has 0 N–H and O–H groups in total. The predicted octanol–water partition coefficient (Wildman–Crippen LogP) is 5.13. The average molecular weight is 342 g/mol. The standard InChI is InChI=1S/C14H7BrF3NO/c15-11-5-4-9(8-19)13(7-11)20-12-3-1-2-10(6-12)14(16,17)18/h1-7H. The van der Waals surface area contributed by atoms with Gasteiger partial charge in [0.15, 0.2) is 0 Å². The Kier molecular flexibility index (Phi) is 4.00. The van der Waals surface area contributed by atoms with Crippen molar-refractivity contribution in [2.24, 2.45) is 0 Å². The van der Waals surface area contributed by atoms with E-state index in [0.717, 1.165) is 12.1 Å². The van der Waals surface area contributed by atoms with Gasteiger partial charge in [0.25, 0.3) is 0 Å². The Morgan fingerprint density at radius 1 is 1.10 bits per heavy atom. The second-order valence-corrected chi connectivity index (χ2v) is 4.80. The monoisotopic (exact) mass is 341 g/mol. The number of benzene rings is 2. The van der Waals surface area contributed by atoms with Gasteiger partial charge in [0, 0.05) is 4.47 Å². The van der Waals surface area contributed by atoms with E-state index in [1.807, 2.05) is 6.07 Å². The quantitative estimate of drug-likeness (QED) is 0.758. The van der Waals surface area contributed by atoms with Crippen LogP contribution in [0.2, 0.25) is 0 Å². The maximum atomic E-state index is 12.6. The van der Waals surface area contributed by atoms with Crippen molar-refractivity contribution in [3.63, 3.8) is 0 Å². The lowest BCUT2D eigenvalue weighted by molar-refractivity contribution is -0.137. The minimum absolute atomic E-state index is 0.0226. The molecule has 0 aliphatic rings. The Hall–Kier alpha value is -2.00. The molecule has 2 nitrogen and oxygen atoms in total. The topological polar surface area (TPSA) is 33.0 Å². The zero-order valence-electron chi connectivity index (χ0n) is 9.91. The van der Waals surface area contributed by atoms with Crippen LogP contribution >= 0.6 is 15.9 Å². The highest BCUT2D eigenvalue weighted by atomic mass is 79.9. The highest BCUT2D eigenvalue weighted by molar-refractivity contribution is 9.10. The molecule has 6 heteroatoms. The largest absolute Gasteiger partial charge is 0.456 e. The molecule has 20 heavy (non-hydrogen) atoms. The molecule has 0 unspecified atom stereocenters. The van der Waals surface area contributed by atoms with Crippen molar-refractivity contribution in [1.29, 1.82) is 5.26 Å². The minimum atomic E-state index is -4.44. The van der Waals surface area contributed by atoms with Crippen LogP contribution in [0.5, 0.6) is 11.5 Å². The van der Waals surface area contributed by atoms with Gasteiger partial charge in [0.1, 0.15) is 17.6 Å². The molecule has 0 heterocycles. The fourth-order valence-electron chi connectivity index (χ4n) is 1.54. The molecule has 2 aromatic rings. The summed E-state index contributed by atoms with van der Waals surface area (Å²) in [6.45, 7) is 0. The molecule has 0 bridgehead atoms. The molecule has 0 aliphatic heterocycles. The molecule has 2 aromatic carbocycles. The van der Waals surface area contributed by atoms with E-state index in [0.29, 0.717) is 4.47 Å². The van der Waals surface area contributed by atoms with Gasteiger partial charge >= 0.3 is 6.18 Å². The van der Waals surface area contributed by atoms with Crippen LogP contribution in [0, 0.1) is 11.3 Å². The van der Waals surface area contributed by atoms with Crippen molar-refractivity contribution < 1.29 is 17.9 Å². The highest BCUT2D eigenvalue weighted by Crippen LogP contribution is 2.34. The molecule has 0 aromatic heterocycles. The summed E-state index contributed by atoms with van der Waals surface area (Å²) in [6.07, 6.45) is -4.44. The lowest BCUT2D eigenvalue weighted by Crippen LogP contribution is -2.04. The number of alkyl halides is 3. The van der Waals surface area contributed by atoms with Crippen LogP contribution in [-0.2, 0) is 6.18 Å². The Morgan fingerprint density at radius 3 is 2.50 bits per heavy atom. The molecule has 2 rings (SSSR count). The molecule has 102 valence electrons. The maximum Gasteiger partial charge on any atom is 0.416 e. The fourth-order valence-corrected chi connectivity index (χ4v) is 1.88. The van der Waals surface area contributed by atoms with Crippen LogP contribution in [0.4, 0.5) is 13.2 Å². The number of rotatable bonds is 2. The van der Waals surface area contributed by atoms with Gasteiger partial charge in [-0.2, -0.15) is 18.4 Å². The van der Waals surface area contributed by atoms with Crippen molar-refractivity contribution in [2.75, 3.05) is 0 Å². The molecular formula is C14H7BrF3NO. The Labute approximate surface area is 121 Å². The first-order valence-electron chi connectivity index (χ1n) is 5.45. The molecule has 0 fully saturated rings. The molecule has 0 radical (unpaired) electrons. The van der Waals surface area contributed by atoms with Gasteiger partial charge in [-0.05, 0) is 36.4 Å². The maximum absolute atomic E-state index is 12.6. The van der Waals surface area contributed by atoms with Gasteiger partial charge < -0.3 is 4.74 Å². The number of halogens is 4. The first-order chi connectivity index (χ1) is 9.40. The summed E-state index contributed by atoms with van der Waals surface area (Å²) in [7, 11) is 0. The van der Waals surface area contributed by atoms with Crippen molar-refractivity contribution >= 4 is 15.9 Å². The van der Waals surface area contributed by atoms with Gasteiger partial charge in [-0.25, -0.2) is 0 Å². The number of nitriles is 1. The molecule has 0 amide bonds.